The normalized spacial score (nSPS) is 11.8. The van der Waals surface area contributed by atoms with E-state index in [2.05, 4.69) is 31.1 Å². The lowest BCUT2D eigenvalue weighted by Gasteiger charge is -2.14. The predicted octanol–water partition coefficient (Wildman–Crippen LogP) is 6.46. The van der Waals surface area contributed by atoms with Gasteiger partial charge in [-0.05, 0) is 60.7 Å². The average molecular weight is 500 g/mol. The van der Waals surface area contributed by atoms with E-state index in [1.165, 1.54) is 24.3 Å². The zero-order chi connectivity index (χ0) is 24.0. The Hall–Kier alpha value is -4.14. The first-order valence-electron chi connectivity index (χ1n) is 10.8. The minimum atomic E-state index is -3.92. The van der Waals surface area contributed by atoms with Crippen molar-refractivity contribution in [2.45, 2.75) is 4.90 Å². The highest BCUT2D eigenvalue weighted by molar-refractivity contribution is 7.92. The van der Waals surface area contributed by atoms with Crippen molar-refractivity contribution in [3.8, 4) is 0 Å². The van der Waals surface area contributed by atoms with Crippen LogP contribution in [0.4, 0.5) is 17.3 Å². The molecule has 6 rings (SSSR count). The second kappa shape index (κ2) is 8.26. The van der Waals surface area contributed by atoms with Crippen LogP contribution in [0.3, 0.4) is 0 Å². The molecule has 0 radical (unpaired) electrons. The van der Waals surface area contributed by atoms with Gasteiger partial charge < -0.3 is 10.3 Å². The van der Waals surface area contributed by atoms with Crippen molar-refractivity contribution in [3.63, 3.8) is 0 Å². The first-order chi connectivity index (χ1) is 17.0. The van der Waals surface area contributed by atoms with E-state index >= 15 is 0 Å². The number of sulfonamides is 1. The Balaban J connectivity index is 1.44. The lowest BCUT2D eigenvalue weighted by Crippen LogP contribution is -2.16. The molecule has 0 saturated carbocycles. The predicted molar refractivity (Wildman–Crippen MR) is 141 cm³/mol. The molecule has 0 aliphatic heterocycles. The molecule has 0 aliphatic carbocycles. The summed E-state index contributed by atoms with van der Waals surface area (Å²) in [5.74, 6) is 0.387. The number of anilines is 3. The van der Waals surface area contributed by atoms with Crippen molar-refractivity contribution in [1.29, 1.82) is 0 Å². The van der Waals surface area contributed by atoms with E-state index < -0.39 is 10.0 Å². The summed E-state index contributed by atoms with van der Waals surface area (Å²) >= 11 is 5.92. The fourth-order valence-electron chi connectivity index (χ4n) is 4.02. The van der Waals surface area contributed by atoms with Gasteiger partial charge in [-0.25, -0.2) is 18.4 Å². The molecule has 0 aliphatic rings. The van der Waals surface area contributed by atoms with Gasteiger partial charge in [0.25, 0.3) is 10.0 Å². The molecule has 0 atom stereocenters. The molecule has 0 saturated heterocycles. The van der Waals surface area contributed by atoms with E-state index in [-0.39, 0.29) is 10.7 Å². The molecule has 4 aromatic carbocycles. The molecule has 9 heteroatoms. The van der Waals surface area contributed by atoms with Crippen molar-refractivity contribution in [3.05, 3.63) is 96.0 Å². The van der Waals surface area contributed by atoms with E-state index in [4.69, 9.17) is 11.6 Å². The van der Waals surface area contributed by atoms with Crippen molar-refractivity contribution >= 4 is 71.8 Å². The minimum absolute atomic E-state index is 0.0722. The van der Waals surface area contributed by atoms with Gasteiger partial charge in [0.1, 0.15) is 0 Å². The third-order valence-electron chi connectivity index (χ3n) is 5.69. The van der Waals surface area contributed by atoms with Crippen molar-refractivity contribution in [2.24, 2.45) is 0 Å². The van der Waals surface area contributed by atoms with Gasteiger partial charge in [0.2, 0.25) is 0 Å². The summed E-state index contributed by atoms with van der Waals surface area (Å²) in [6.45, 7) is 0. The summed E-state index contributed by atoms with van der Waals surface area (Å²) in [6.07, 6.45) is 0. The number of nitrogens with zero attached hydrogens (tertiary/aromatic N) is 2. The van der Waals surface area contributed by atoms with Crippen LogP contribution in [0.25, 0.3) is 32.8 Å². The number of H-pyrrole nitrogens is 1. The summed E-state index contributed by atoms with van der Waals surface area (Å²) in [4.78, 5) is 12.7. The van der Waals surface area contributed by atoms with Crippen LogP contribution >= 0.6 is 11.6 Å². The highest BCUT2D eigenvalue weighted by atomic mass is 35.5. The highest BCUT2D eigenvalue weighted by Crippen LogP contribution is 2.31. The zero-order valence-corrected chi connectivity index (χ0v) is 19.7. The number of halogens is 1. The van der Waals surface area contributed by atoms with Crippen LogP contribution in [-0.4, -0.2) is 23.4 Å². The summed E-state index contributed by atoms with van der Waals surface area (Å²) < 4.78 is 28.8. The molecule has 6 aromatic rings. The molecule has 0 spiro atoms. The number of benzene rings is 4. The maximum absolute atomic E-state index is 13.1. The fraction of sp³-hybridized carbons (Fsp3) is 0. The number of nitrogens with one attached hydrogen (secondary N) is 3. The molecule has 7 nitrogen and oxygen atoms in total. The van der Waals surface area contributed by atoms with Crippen molar-refractivity contribution in [2.75, 3.05) is 10.0 Å². The standard InChI is InChI=1S/C26H18ClN5O2S/c27-16-9-12-18(13-10-16)35(33,34)32-26-25(30-23-7-3-4-8-24(23)31-26)28-17-11-14-22-20(15-17)19-5-1-2-6-21(19)29-22/h1-15,29H,(H,28,30)(H,31,32). The molecule has 2 heterocycles. The summed E-state index contributed by atoms with van der Waals surface area (Å²) in [7, 11) is -3.92. The van der Waals surface area contributed by atoms with Crippen LogP contribution in [0.2, 0.25) is 5.02 Å². The Kier molecular flexibility index (Phi) is 5.05. The van der Waals surface area contributed by atoms with Gasteiger partial charge in [0, 0.05) is 32.5 Å². The highest BCUT2D eigenvalue weighted by Gasteiger charge is 2.19. The zero-order valence-electron chi connectivity index (χ0n) is 18.2. The maximum Gasteiger partial charge on any atom is 0.263 e. The number of aromatic amines is 1. The summed E-state index contributed by atoms with van der Waals surface area (Å²) in [5, 5.41) is 5.85. The van der Waals surface area contributed by atoms with E-state index in [1.807, 2.05) is 54.6 Å². The van der Waals surface area contributed by atoms with Crippen molar-refractivity contribution < 1.29 is 8.42 Å². The van der Waals surface area contributed by atoms with E-state index in [0.717, 1.165) is 27.5 Å². The fourth-order valence-corrected chi connectivity index (χ4v) is 5.16. The largest absolute Gasteiger partial charge is 0.355 e. The Labute approximate surface area is 205 Å². The number of rotatable bonds is 5. The van der Waals surface area contributed by atoms with Gasteiger partial charge >= 0.3 is 0 Å². The molecule has 0 fully saturated rings. The van der Waals surface area contributed by atoms with Gasteiger partial charge in [0.05, 0.1) is 15.9 Å². The van der Waals surface area contributed by atoms with Gasteiger partial charge in [-0.3, -0.25) is 4.72 Å². The van der Waals surface area contributed by atoms with Crippen LogP contribution < -0.4 is 10.0 Å². The van der Waals surface area contributed by atoms with E-state index in [0.29, 0.717) is 21.9 Å². The molecular weight excluding hydrogens is 482 g/mol. The molecule has 172 valence electrons. The van der Waals surface area contributed by atoms with Gasteiger partial charge in [-0.1, -0.05) is 41.9 Å². The van der Waals surface area contributed by atoms with Crippen LogP contribution in [0.5, 0.6) is 0 Å². The average Bonchev–Trinajstić information content (AvgIpc) is 3.22. The van der Waals surface area contributed by atoms with Gasteiger partial charge in [-0.2, -0.15) is 0 Å². The minimum Gasteiger partial charge on any atom is -0.355 e. The van der Waals surface area contributed by atoms with Gasteiger partial charge in [-0.15, -0.1) is 0 Å². The first kappa shape index (κ1) is 21.4. The van der Waals surface area contributed by atoms with E-state index in [1.54, 1.807) is 6.07 Å². The Morgan fingerprint density at radius 2 is 1.37 bits per heavy atom. The molecule has 3 N–H and O–H groups in total. The number of para-hydroxylation sites is 3. The second-order valence-electron chi connectivity index (χ2n) is 8.02. The topological polar surface area (TPSA) is 99.8 Å². The first-order valence-corrected chi connectivity index (χ1v) is 12.7. The van der Waals surface area contributed by atoms with Crippen LogP contribution in [0.15, 0.2) is 95.9 Å². The molecule has 35 heavy (non-hydrogen) atoms. The van der Waals surface area contributed by atoms with Crippen LogP contribution in [0, 0.1) is 0 Å². The van der Waals surface area contributed by atoms with Crippen LogP contribution in [-0.2, 0) is 10.0 Å². The Morgan fingerprint density at radius 1 is 0.714 bits per heavy atom. The summed E-state index contributed by atoms with van der Waals surface area (Å²) in [5.41, 5.74) is 4.00. The SMILES string of the molecule is O=S(=O)(Nc1nc2ccccc2nc1Nc1ccc2[nH]c3ccccc3c2c1)c1ccc(Cl)cc1. The Morgan fingerprint density at radius 3 is 2.14 bits per heavy atom. The second-order valence-corrected chi connectivity index (χ2v) is 10.1. The number of aromatic nitrogens is 3. The number of hydrogen-bond acceptors (Lipinski definition) is 5. The maximum atomic E-state index is 13.1. The molecule has 0 unspecified atom stereocenters. The molecular formula is C26H18ClN5O2S. The smallest absolute Gasteiger partial charge is 0.263 e. The summed E-state index contributed by atoms with van der Waals surface area (Å²) in [6, 6.07) is 27.2. The van der Waals surface area contributed by atoms with Crippen molar-refractivity contribution in [1.82, 2.24) is 15.0 Å². The molecule has 2 aromatic heterocycles. The monoisotopic (exact) mass is 499 g/mol. The molecule has 0 bridgehead atoms. The third kappa shape index (κ3) is 4.03. The van der Waals surface area contributed by atoms with Gasteiger partial charge in [0.15, 0.2) is 11.6 Å². The Bertz CT molecular complexity index is 1830. The van der Waals surface area contributed by atoms with E-state index in [9.17, 15) is 8.42 Å². The van der Waals surface area contributed by atoms with Crippen LogP contribution in [0.1, 0.15) is 0 Å². The molecule has 0 amide bonds. The lowest BCUT2D eigenvalue weighted by atomic mass is 10.1. The number of fused-ring (bicyclic) bond motifs is 4. The lowest BCUT2D eigenvalue weighted by molar-refractivity contribution is 0.601. The third-order valence-corrected chi connectivity index (χ3v) is 7.30. The number of hydrogen-bond donors (Lipinski definition) is 3. The quantitative estimate of drug-likeness (QED) is 0.252.